The minimum absolute atomic E-state index is 0.119. The Morgan fingerprint density at radius 2 is 1.86 bits per heavy atom. The van der Waals surface area contributed by atoms with Gasteiger partial charge in [0.2, 0.25) is 0 Å². The second-order valence-electron chi connectivity index (χ2n) is 6.59. The van der Waals surface area contributed by atoms with Crippen LogP contribution in [-0.4, -0.2) is 28.6 Å². The van der Waals surface area contributed by atoms with Crippen molar-refractivity contribution >= 4 is 21.8 Å². The van der Waals surface area contributed by atoms with E-state index in [1.807, 2.05) is 13.8 Å². The zero-order valence-electron chi connectivity index (χ0n) is 15.3. The molecule has 1 heterocycles. The zero-order valence-corrected chi connectivity index (χ0v) is 16.8. The van der Waals surface area contributed by atoms with Crippen molar-refractivity contribution in [3.8, 4) is 11.5 Å². The summed E-state index contributed by atoms with van der Waals surface area (Å²) in [5.74, 6) is 0.306. The Kier molecular flexibility index (Phi) is 7.42. The molecule has 1 amide bonds. The Morgan fingerprint density at radius 3 is 2.36 bits per heavy atom. The first-order valence-electron chi connectivity index (χ1n) is 8.53. The van der Waals surface area contributed by atoms with E-state index >= 15 is 0 Å². The topological polar surface area (TPSA) is 71.5 Å². The summed E-state index contributed by atoms with van der Waals surface area (Å²) < 4.78 is 43.6. The van der Waals surface area contributed by atoms with Crippen LogP contribution in [0.25, 0.3) is 0 Å². The van der Waals surface area contributed by atoms with E-state index in [0.717, 1.165) is 12.1 Å². The third-order valence-corrected chi connectivity index (χ3v) is 4.34. The van der Waals surface area contributed by atoms with E-state index in [2.05, 4.69) is 26.2 Å². The lowest BCUT2D eigenvalue weighted by Gasteiger charge is -2.18. The molecular formula is C19H20BrF3N2O3. The standard InChI is InChI=1S/C19H20BrF3N2O3/c1-11(2)9-13(10-26)24-18(27)15-7-8-16(17(20)25-15)28-14-5-3-12(4-6-14)19(21,22)23/h3-8,11,13,26H,9-10H2,1-2H3,(H,24,27)/t13-/m1/s1. The molecule has 5 nitrogen and oxygen atoms in total. The molecule has 0 aliphatic carbocycles. The monoisotopic (exact) mass is 460 g/mol. The van der Waals surface area contributed by atoms with Crippen LogP contribution in [0.3, 0.4) is 0 Å². The third kappa shape index (κ3) is 6.20. The van der Waals surface area contributed by atoms with Gasteiger partial charge in [0, 0.05) is 0 Å². The predicted octanol–water partition coefficient (Wildman–Crippen LogP) is 4.79. The molecule has 0 fully saturated rings. The number of alkyl halides is 3. The number of aliphatic hydroxyl groups is 1. The summed E-state index contributed by atoms with van der Waals surface area (Å²) in [6.45, 7) is 3.79. The molecule has 1 atom stereocenters. The highest BCUT2D eigenvalue weighted by Crippen LogP contribution is 2.33. The average molecular weight is 461 g/mol. The first-order chi connectivity index (χ1) is 13.1. The van der Waals surface area contributed by atoms with E-state index < -0.39 is 17.6 Å². The number of pyridine rings is 1. The van der Waals surface area contributed by atoms with Gasteiger partial charge in [-0.1, -0.05) is 13.8 Å². The molecule has 28 heavy (non-hydrogen) atoms. The number of benzene rings is 1. The Bertz CT molecular complexity index is 811. The summed E-state index contributed by atoms with van der Waals surface area (Å²) in [6.07, 6.45) is -3.80. The smallest absolute Gasteiger partial charge is 0.416 e. The van der Waals surface area contributed by atoms with Gasteiger partial charge >= 0.3 is 6.18 Å². The molecule has 1 aromatic carbocycles. The minimum atomic E-state index is -4.42. The van der Waals surface area contributed by atoms with Crippen molar-refractivity contribution in [1.82, 2.24) is 10.3 Å². The van der Waals surface area contributed by atoms with Crippen LogP contribution in [0.2, 0.25) is 0 Å². The molecule has 0 radical (unpaired) electrons. The first kappa shape index (κ1) is 22.2. The zero-order chi connectivity index (χ0) is 20.9. The van der Waals surface area contributed by atoms with Crippen LogP contribution in [0.15, 0.2) is 41.0 Å². The summed E-state index contributed by atoms with van der Waals surface area (Å²) in [4.78, 5) is 16.4. The maximum atomic E-state index is 12.6. The fraction of sp³-hybridized carbons (Fsp3) is 0.368. The van der Waals surface area contributed by atoms with Crippen molar-refractivity contribution in [2.24, 2.45) is 5.92 Å². The molecule has 0 aliphatic rings. The molecule has 0 saturated carbocycles. The summed E-state index contributed by atoms with van der Waals surface area (Å²) >= 11 is 3.20. The van der Waals surface area contributed by atoms with Crippen LogP contribution >= 0.6 is 15.9 Å². The molecule has 9 heteroatoms. The molecule has 0 saturated heterocycles. The summed E-state index contributed by atoms with van der Waals surface area (Å²) in [5, 5.41) is 12.1. The van der Waals surface area contributed by atoms with Gasteiger partial charge < -0.3 is 15.2 Å². The number of ether oxygens (including phenoxy) is 1. The number of rotatable bonds is 7. The fourth-order valence-corrected chi connectivity index (χ4v) is 2.87. The third-order valence-electron chi connectivity index (χ3n) is 3.77. The minimum Gasteiger partial charge on any atom is -0.455 e. The Labute approximate surface area is 169 Å². The van der Waals surface area contributed by atoms with Gasteiger partial charge in [-0.05, 0) is 64.7 Å². The number of aromatic nitrogens is 1. The Hall–Kier alpha value is -2.13. The molecule has 2 rings (SSSR count). The maximum absolute atomic E-state index is 12.6. The summed E-state index contributed by atoms with van der Waals surface area (Å²) in [6, 6.07) is 6.78. The fourth-order valence-electron chi connectivity index (χ4n) is 2.47. The van der Waals surface area contributed by atoms with Crippen LogP contribution in [0.5, 0.6) is 11.5 Å². The second-order valence-corrected chi connectivity index (χ2v) is 7.34. The SMILES string of the molecule is CC(C)C[C@H](CO)NC(=O)c1ccc(Oc2ccc(C(F)(F)F)cc2)c(Br)n1. The lowest BCUT2D eigenvalue weighted by Crippen LogP contribution is -2.38. The number of hydrogen-bond acceptors (Lipinski definition) is 4. The molecule has 0 bridgehead atoms. The number of carbonyl (C=O) groups excluding carboxylic acids is 1. The molecule has 0 spiro atoms. The largest absolute Gasteiger partial charge is 0.455 e. The van der Waals surface area contributed by atoms with Gasteiger partial charge in [-0.25, -0.2) is 4.98 Å². The van der Waals surface area contributed by atoms with E-state index in [-0.39, 0.29) is 34.4 Å². The molecular weight excluding hydrogens is 441 g/mol. The number of halogens is 4. The highest BCUT2D eigenvalue weighted by Gasteiger charge is 2.30. The van der Waals surface area contributed by atoms with E-state index in [1.165, 1.54) is 24.3 Å². The van der Waals surface area contributed by atoms with Gasteiger partial charge in [-0.3, -0.25) is 4.79 Å². The highest BCUT2D eigenvalue weighted by molar-refractivity contribution is 9.10. The number of amides is 1. The Balaban J connectivity index is 2.08. The van der Waals surface area contributed by atoms with E-state index in [1.54, 1.807) is 0 Å². The predicted molar refractivity (Wildman–Crippen MR) is 101 cm³/mol. The maximum Gasteiger partial charge on any atom is 0.416 e. The summed E-state index contributed by atoms with van der Waals surface area (Å²) in [7, 11) is 0. The first-order valence-corrected chi connectivity index (χ1v) is 9.32. The van der Waals surface area contributed by atoms with Gasteiger partial charge in [0.25, 0.3) is 5.91 Å². The molecule has 2 aromatic rings. The lowest BCUT2D eigenvalue weighted by molar-refractivity contribution is -0.137. The Morgan fingerprint density at radius 1 is 1.21 bits per heavy atom. The lowest BCUT2D eigenvalue weighted by atomic mass is 10.0. The van der Waals surface area contributed by atoms with Crippen LogP contribution < -0.4 is 10.1 Å². The van der Waals surface area contributed by atoms with E-state index in [0.29, 0.717) is 12.3 Å². The van der Waals surface area contributed by atoms with Gasteiger partial charge in [-0.15, -0.1) is 0 Å². The van der Waals surface area contributed by atoms with Crippen molar-refractivity contribution in [2.75, 3.05) is 6.61 Å². The number of carbonyl (C=O) groups is 1. The number of nitrogens with zero attached hydrogens (tertiary/aromatic N) is 1. The molecule has 0 unspecified atom stereocenters. The van der Waals surface area contributed by atoms with Gasteiger partial charge in [-0.2, -0.15) is 13.2 Å². The molecule has 2 N–H and O–H groups in total. The van der Waals surface area contributed by atoms with Crippen molar-refractivity contribution in [2.45, 2.75) is 32.5 Å². The van der Waals surface area contributed by atoms with Crippen molar-refractivity contribution in [1.29, 1.82) is 0 Å². The number of nitrogens with one attached hydrogen (secondary N) is 1. The summed E-state index contributed by atoms with van der Waals surface area (Å²) in [5.41, 5.74) is -0.655. The van der Waals surface area contributed by atoms with Crippen LogP contribution in [0.1, 0.15) is 36.3 Å². The van der Waals surface area contributed by atoms with E-state index in [4.69, 9.17) is 4.74 Å². The van der Waals surface area contributed by atoms with Crippen LogP contribution in [0.4, 0.5) is 13.2 Å². The average Bonchev–Trinajstić information content (AvgIpc) is 2.62. The van der Waals surface area contributed by atoms with Crippen molar-refractivity contribution in [3.63, 3.8) is 0 Å². The van der Waals surface area contributed by atoms with Gasteiger partial charge in [0.1, 0.15) is 16.0 Å². The normalized spacial score (nSPS) is 12.7. The van der Waals surface area contributed by atoms with Crippen molar-refractivity contribution < 1.29 is 27.8 Å². The van der Waals surface area contributed by atoms with Crippen LogP contribution in [-0.2, 0) is 6.18 Å². The second kappa shape index (κ2) is 9.38. The van der Waals surface area contributed by atoms with Gasteiger partial charge in [0.05, 0.1) is 18.2 Å². The van der Waals surface area contributed by atoms with E-state index in [9.17, 15) is 23.1 Å². The van der Waals surface area contributed by atoms with Crippen molar-refractivity contribution in [3.05, 3.63) is 52.3 Å². The van der Waals surface area contributed by atoms with Crippen LogP contribution in [0, 0.1) is 5.92 Å². The number of hydrogen-bond donors (Lipinski definition) is 2. The number of aliphatic hydroxyl groups excluding tert-OH is 1. The molecule has 152 valence electrons. The molecule has 1 aromatic heterocycles. The highest BCUT2D eigenvalue weighted by atomic mass is 79.9. The molecule has 0 aliphatic heterocycles. The quantitative estimate of drug-likeness (QED) is 0.582. The van der Waals surface area contributed by atoms with Gasteiger partial charge in [0.15, 0.2) is 5.75 Å².